The van der Waals surface area contributed by atoms with E-state index in [1.54, 1.807) is 12.1 Å². The van der Waals surface area contributed by atoms with Crippen molar-refractivity contribution in [3.05, 3.63) is 57.3 Å². The number of ether oxygens (including phenoxy) is 1. The van der Waals surface area contributed by atoms with Crippen molar-refractivity contribution in [2.45, 2.75) is 6.92 Å². The van der Waals surface area contributed by atoms with Crippen LogP contribution in [0.1, 0.15) is 5.56 Å². The van der Waals surface area contributed by atoms with Crippen molar-refractivity contribution in [2.24, 2.45) is 0 Å². The molecular formula is C15H12BrClFNO2. The zero-order valence-electron chi connectivity index (χ0n) is 11.1. The first-order valence-electron chi connectivity index (χ1n) is 6.09. The number of hydrogen-bond donors (Lipinski definition) is 1. The molecule has 0 heterocycles. The smallest absolute Gasteiger partial charge is 0.262 e. The Morgan fingerprint density at radius 3 is 2.76 bits per heavy atom. The highest BCUT2D eigenvalue weighted by molar-refractivity contribution is 9.10. The second-order valence-corrected chi connectivity index (χ2v) is 5.64. The van der Waals surface area contributed by atoms with Gasteiger partial charge in [0.05, 0.1) is 5.02 Å². The highest BCUT2D eigenvalue weighted by Gasteiger charge is 2.08. The number of aryl methyl sites for hydroxylation is 1. The van der Waals surface area contributed by atoms with Crippen LogP contribution in [0, 0.1) is 12.7 Å². The van der Waals surface area contributed by atoms with Crippen LogP contribution in [0.3, 0.4) is 0 Å². The first-order valence-corrected chi connectivity index (χ1v) is 7.26. The minimum atomic E-state index is -0.457. The Morgan fingerprint density at radius 1 is 1.33 bits per heavy atom. The average Bonchev–Trinajstić information content (AvgIpc) is 2.42. The van der Waals surface area contributed by atoms with Crippen LogP contribution in [0.25, 0.3) is 0 Å². The van der Waals surface area contributed by atoms with Crippen LogP contribution in [0.4, 0.5) is 10.1 Å². The summed E-state index contributed by atoms with van der Waals surface area (Å²) >= 11 is 9.20. The third kappa shape index (κ3) is 4.44. The maximum absolute atomic E-state index is 12.9. The lowest BCUT2D eigenvalue weighted by Gasteiger charge is -2.09. The number of hydrogen-bond acceptors (Lipinski definition) is 2. The van der Waals surface area contributed by atoms with E-state index in [0.29, 0.717) is 5.69 Å². The van der Waals surface area contributed by atoms with Gasteiger partial charge in [0, 0.05) is 10.2 Å². The van der Waals surface area contributed by atoms with Gasteiger partial charge in [-0.2, -0.15) is 0 Å². The quantitative estimate of drug-likeness (QED) is 0.854. The normalized spacial score (nSPS) is 10.3. The number of rotatable bonds is 4. The van der Waals surface area contributed by atoms with Crippen LogP contribution >= 0.6 is 27.5 Å². The van der Waals surface area contributed by atoms with Crippen molar-refractivity contribution >= 4 is 39.1 Å². The van der Waals surface area contributed by atoms with E-state index in [2.05, 4.69) is 21.2 Å². The van der Waals surface area contributed by atoms with Crippen molar-refractivity contribution in [2.75, 3.05) is 11.9 Å². The third-order valence-corrected chi connectivity index (χ3v) is 3.86. The molecule has 0 unspecified atom stereocenters. The number of anilines is 1. The molecule has 0 aromatic heterocycles. The standard InChI is InChI=1S/C15H12BrClFNO2/c1-9-2-4-11(7-12(9)16)19-15(20)8-21-14-5-3-10(18)6-13(14)17/h2-7H,8H2,1H3,(H,19,20). The molecule has 110 valence electrons. The summed E-state index contributed by atoms with van der Waals surface area (Å²) in [5, 5.41) is 2.83. The molecule has 6 heteroatoms. The van der Waals surface area contributed by atoms with Gasteiger partial charge in [-0.05, 0) is 42.8 Å². The van der Waals surface area contributed by atoms with E-state index in [9.17, 15) is 9.18 Å². The molecule has 0 fully saturated rings. The van der Waals surface area contributed by atoms with Crippen molar-refractivity contribution in [1.82, 2.24) is 0 Å². The monoisotopic (exact) mass is 371 g/mol. The van der Waals surface area contributed by atoms with Gasteiger partial charge in [-0.15, -0.1) is 0 Å². The highest BCUT2D eigenvalue weighted by atomic mass is 79.9. The molecule has 2 rings (SSSR count). The number of carbonyl (C=O) groups is 1. The Bertz CT molecular complexity index is 679. The SMILES string of the molecule is Cc1ccc(NC(=O)COc2ccc(F)cc2Cl)cc1Br. The predicted molar refractivity (Wildman–Crippen MR) is 84.4 cm³/mol. The van der Waals surface area contributed by atoms with Crippen LogP contribution in [-0.4, -0.2) is 12.5 Å². The predicted octanol–water partition coefficient (Wildman–Crippen LogP) is 4.57. The first-order chi connectivity index (χ1) is 9.95. The molecule has 2 aromatic rings. The lowest BCUT2D eigenvalue weighted by Crippen LogP contribution is -2.20. The third-order valence-electron chi connectivity index (χ3n) is 2.71. The fourth-order valence-electron chi connectivity index (χ4n) is 1.60. The Morgan fingerprint density at radius 2 is 2.10 bits per heavy atom. The molecule has 0 saturated carbocycles. The number of halogens is 3. The average molecular weight is 373 g/mol. The van der Waals surface area contributed by atoms with Crippen LogP contribution in [-0.2, 0) is 4.79 Å². The van der Waals surface area contributed by atoms with E-state index >= 15 is 0 Å². The van der Waals surface area contributed by atoms with Crippen LogP contribution in [0.5, 0.6) is 5.75 Å². The topological polar surface area (TPSA) is 38.3 Å². The van der Waals surface area contributed by atoms with E-state index in [0.717, 1.165) is 16.1 Å². The molecule has 0 radical (unpaired) electrons. The van der Waals surface area contributed by atoms with Crippen molar-refractivity contribution in [1.29, 1.82) is 0 Å². The van der Waals surface area contributed by atoms with Gasteiger partial charge in [0.25, 0.3) is 5.91 Å². The first kappa shape index (κ1) is 15.8. The summed E-state index contributed by atoms with van der Waals surface area (Å²) in [5.41, 5.74) is 1.73. The summed E-state index contributed by atoms with van der Waals surface area (Å²) < 4.78 is 19.0. The van der Waals surface area contributed by atoms with Crippen molar-refractivity contribution < 1.29 is 13.9 Å². The minimum absolute atomic E-state index is 0.126. The highest BCUT2D eigenvalue weighted by Crippen LogP contribution is 2.25. The number of amides is 1. The Balaban J connectivity index is 1.94. The summed E-state index contributed by atoms with van der Waals surface area (Å²) in [6.45, 7) is 1.74. The molecule has 1 amide bonds. The van der Waals surface area contributed by atoms with E-state index in [4.69, 9.17) is 16.3 Å². The molecular weight excluding hydrogens is 361 g/mol. The zero-order valence-corrected chi connectivity index (χ0v) is 13.5. The van der Waals surface area contributed by atoms with Gasteiger partial charge in [-0.25, -0.2) is 4.39 Å². The summed E-state index contributed by atoms with van der Waals surface area (Å²) in [6, 6.07) is 9.22. The summed E-state index contributed by atoms with van der Waals surface area (Å²) in [5.74, 6) is -0.522. The molecule has 0 spiro atoms. The van der Waals surface area contributed by atoms with E-state index in [-0.39, 0.29) is 23.3 Å². The van der Waals surface area contributed by atoms with Crippen molar-refractivity contribution in [3.63, 3.8) is 0 Å². The van der Waals surface area contributed by atoms with Gasteiger partial charge in [0.15, 0.2) is 6.61 Å². The Labute approximate surface area is 135 Å². The molecule has 0 atom stereocenters. The summed E-state index contributed by atoms with van der Waals surface area (Å²) in [4.78, 5) is 11.8. The van der Waals surface area contributed by atoms with Gasteiger partial charge >= 0.3 is 0 Å². The summed E-state index contributed by atoms with van der Waals surface area (Å²) in [6.07, 6.45) is 0. The molecule has 0 aliphatic rings. The van der Waals surface area contributed by atoms with Gasteiger partial charge in [0.2, 0.25) is 0 Å². The van der Waals surface area contributed by atoms with E-state index < -0.39 is 5.82 Å². The molecule has 0 aliphatic heterocycles. The number of benzene rings is 2. The number of carbonyl (C=O) groups excluding carboxylic acids is 1. The maximum atomic E-state index is 12.9. The fraction of sp³-hybridized carbons (Fsp3) is 0.133. The van der Waals surface area contributed by atoms with E-state index in [1.807, 2.05) is 13.0 Å². The second kappa shape index (κ2) is 6.91. The van der Waals surface area contributed by atoms with Crippen LogP contribution in [0.2, 0.25) is 5.02 Å². The van der Waals surface area contributed by atoms with E-state index in [1.165, 1.54) is 12.1 Å². The second-order valence-electron chi connectivity index (χ2n) is 4.38. The summed E-state index contributed by atoms with van der Waals surface area (Å²) in [7, 11) is 0. The van der Waals surface area contributed by atoms with Gasteiger partial charge in [-0.3, -0.25) is 4.79 Å². The zero-order chi connectivity index (χ0) is 15.4. The van der Waals surface area contributed by atoms with Gasteiger partial charge in [-0.1, -0.05) is 33.6 Å². The lowest BCUT2D eigenvalue weighted by atomic mass is 10.2. The van der Waals surface area contributed by atoms with Crippen LogP contribution in [0.15, 0.2) is 40.9 Å². The molecule has 0 aliphatic carbocycles. The Kier molecular flexibility index (Phi) is 5.20. The van der Waals surface area contributed by atoms with Crippen LogP contribution < -0.4 is 10.1 Å². The molecule has 21 heavy (non-hydrogen) atoms. The molecule has 2 aromatic carbocycles. The molecule has 0 saturated heterocycles. The molecule has 0 bridgehead atoms. The van der Waals surface area contributed by atoms with Crippen molar-refractivity contribution in [3.8, 4) is 5.75 Å². The largest absolute Gasteiger partial charge is 0.482 e. The minimum Gasteiger partial charge on any atom is -0.482 e. The maximum Gasteiger partial charge on any atom is 0.262 e. The number of nitrogens with one attached hydrogen (secondary N) is 1. The van der Waals surface area contributed by atoms with Gasteiger partial charge in [0.1, 0.15) is 11.6 Å². The fourth-order valence-corrected chi connectivity index (χ4v) is 2.20. The van der Waals surface area contributed by atoms with Gasteiger partial charge < -0.3 is 10.1 Å². The Hall–Kier alpha value is -1.59. The lowest BCUT2D eigenvalue weighted by molar-refractivity contribution is -0.118. The molecule has 3 nitrogen and oxygen atoms in total. The molecule has 1 N–H and O–H groups in total.